The number of likely N-dealkylation sites (N-methyl/N-ethyl adjacent to an activating group) is 1. The fourth-order valence-electron chi connectivity index (χ4n) is 4.50. The van der Waals surface area contributed by atoms with Crippen LogP contribution in [-0.2, 0) is 23.1 Å². The lowest BCUT2D eigenvalue weighted by Gasteiger charge is -2.28. The van der Waals surface area contributed by atoms with E-state index in [4.69, 9.17) is 18.5 Å². The minimum atomic E-state index is -4.13. The molecule has 0 fully saturated rings. The number of phosphoric ester groups is 1. The zero-order chi connectivity index (χ0) is 32.3. The first-order valence-corrected chi connectivity index (χ1v) is 18.8. The molecule has 0 aromatic rings. The largest absolute Gasteiger partial charge is 0.472 e. The SMILES string of the molecule is CCCC/C=C\CCCCCCCCCC/C=C\CCCCCOC[C@H](COP(=O)(O)OCC[N+](C)(C)C)OC(C)(C)C. The van der Waals surface area contributed by atoms with Gasteiger partial charge in [-0.1, -0.05) is 89.0 Å². The molecule has 1 unspecified atom stereocenters. The molecular formula is C35H71NO6P+. The van der Waals surface area contributed by atoms with Crippen molar-refractivity contribution >= 4 is 7.82 Å². The van der Waals surface area contributed by atoms with Crippen molar-refractivity contribution in [1.29, 1.82) is 0 Å². The minimum absolute atomic E-state index is 0.0580. The molecule has 0 saturated heterocycles. The topological polar surface area (TPSA) is 74.2 Å². The van der Waals surface area contributed by atoms with Crippen molar-refractivity contribution in [2.75, 3.05) is 54.1 Å². The van der Waals surface area contributed by atoms with Gasteiger partial charge in [-0.15, -0.1) is 0 Å². The Morgan fingerprint density at radius 2 is 1.14 bits per heavy atom. The molecule has 0 aliphatic rings. The van der Waals surface area contributed by atoms with E-state index in [9.17, 15) is 9.46 Å². The summed E-state index contributed by atoms with van der Waals surface area (Å²) in [4.78, 5) is 10.0. The van der Waals surface area contributed by atoms with Crippen LogP contribution < -0.4 is 0 Å². The van der Waals surface area contributed by atoms with Crippen LogP contribution in [0.1, 0.15) is 137 Å². The molecule has 0 radical (unpaired) electrons. The molecule has 0 aromatic heterocycles. The van der Waals surface area contributed by atoms with Crippen molar-refractivity contribution in [3.63, 3.8) is 0 Å². The second kappa shape index (κ2) is 26.7. The third-order valence-corrected chi connectivity index (χ3v) is 7.96. The average Bonchev–Trinajstić information content (AvgIpc) is 2.90. The molecule has 0 aromatic carbocycles. The van der Waals surface area contributed by atoms with Crippen molar-refractivity contribution in [3.05, 3.63) is 24.3 Å². The number of hydrogen-bond acceptors (Lipinski definition) is 5. The summed E-state index contributed by atoms with van der Waals surface area (Å²) in [5, 5.41) is 0. The van der Waals surface area contributed by atoms with Gasteiger partial charge in [0.2, 0.25) is 0 Å². The van der Waals surface area contributed by atoms with Crippen molar-refractivity contribution in [2.24, 2.45) is 0 Å². The van der Waals surface area contributed by atoms with E-state index < -0.39 is 19.5 Å². The van der Waals surface area contributed by atoms with Crippen LogP contribution in [-0.4, -0.2) is 75.2 Å². The van der Waals surface area contributed by atoms with Gasteiger partial charge in [0.05, 0.1) is 40.0 Å². The Kier molecular flexibility index (Phi) is 26.3. The molecule has 0 saturated carbocycles. The van der Waals surface area contributed by atoms with E-state index in [-0.39, 0.29) is 13.2 Å². The summed E-state index contributed by atoms with van der Waals surface area (Å²) in [5.41, 5.74) is -0.418. The van der Waals surface area contributed by atoms with Gasteiger partial charge in [-0.05, 0) is 72.1 Å². The van der Waals surface area contributed by atoms with Crippen molar-refractivity contribution in [1.82, 2.24) is 0 Å². The normalized spacial score (nSPS) is 15.1. The van der Waals surface area contributed by atoms with E-state index in [0.717, 1.165) is 25.7 Å². The lowest BCUT2D eigenvalue weighted by molar-refractivity contribution is -0.870. The molecule has 0 spiro atoms. The molecule has 7 nitrogen and oxygen atoms in total. The molecule has 0 bridgehead atoms. The van der Waals surface area contributed by atoms with E-state index in [1.807, 2.05) is 41.9 Å². The predicted octanol–water partition coefficient (Wildman–Crippen LogP) is 9.79. The number of allylic oxidation sites excluding steroid dienone is 4. The molecule has 0 aliphatic carbocycles. The van der Waals surface area contributed by atoms with Gasteiger partial charge in [0.15, 0.2) is 0 Å². The van der Waals surface area contributed by atoms with Crippen LogP contribution in [0.4, 0.5) is 0 Å². The van der Waals surface area contributed by atoms with Gasteiger partial charge in [-0.2, -0.15) is 0 Å². The maximum absolute atomic E-state index is 12.2. The summed E-state index contributed by atoms with van der Waals surface area (Å²) in [5.74, 6) is 0. The average molecular weight is 633 g/mol. The van der Waals surface area contributed by atoms with Gasteiger partial charge in [-0.3, -0.25) is 9.05 Å². The zero-order valence-corrected chi connectivity index (χ0v) is 30.2. The molecule has 0 aliphatic heterocycles. The van der Waals surface area contributed by atoms with Crippen molar-refractivity contribution in [3.8, 4) is 0 Å². The number of hydrogen-bond donors (Lipinski definition) is 1. The van der Waals surface area contributed by atoms with Crippen LogP contribution >= 0.6 is 7.82 Å². The lowest BCUT2D eigenvalue weighted by Crippen LogP contribution is -2.37. The molecule has 0 heterocycles. The summed E-state index contributed by atoms with van der Waals surface area (Å²) < 4.78 is 35.0. The highest BCUT2D eigenvalue weighted by Gasteiger charge is 2.27. The van der Waals surface area contributed by atoms with E-state index in [0.29, 0.717) is 24.2 Å². The number of nitrogens with zero attached hydrogens (tertiary/aromatic N) is 1. The summed E-state index contributed by atoms with van der Waals surface area (Å²) in [6, 6.07) is 0. The molecule has 0 rings (SSSR count). The van der Waals surface area contributed by atoms with E-state index >= 15 is 0 Å². The third-order valence-electron chi connectivity index (χ3n) is 6.97. The van der Waals surface area contributed by atoms with Gasteiger partial charge in [0.1, 0.15) is 19.3 Å². The standard InChI is InChI=1S/C35H70NO6P/c1-8-9-10-11-12-13-14-15-16-17-18-19-20-21-22-23-24-25-26-27-28-30-39-32-34(42-35(2,3)4)33-41-43(37,38)40-31-29-36(5,6)7/h11-12,23-24,34H,8-10,13-22,25-33H2,1-7H3/p+1/b12-11-,24-23-/t34-/m1/s1. The third kappa shape index (κ3) is 34.2. The number of rotatable bonds is 30. The first-order chi connectivity index (χ1) is 20.3. The number of quaternary nitrogens is 1. The quantitative estimate of drug-likeness (QED) is 0.0368. The van der Waals surface area contributed by atoms with Crippen LogP contribution in [0.3, 0.4) is 0 Å². The Balaban J connectivity index is 3.77. The molecule has 256 valence electrons. The fraction of sp³-hybridized carbons (Fsp3) is 0.886. The van der Waals surface area contributed by atoms with Crippen LogP contribution in [0.2, 0.25) is 0 Å². The lowest BCUT2D eigenvalue weighted by atomic mass is 10.1. The summed E-state index contributed by atoms with van der Waals surface area (Å²) >= 11 is 0. The first-order valence-electron chi connectivity index (χ1n) is 17.3. The second-order valence-electron chi connectivity index (χ2n) is 13.9. The first kappa shape index (κ1) is 42.5. The minimum Gasteiger partial charge on any atom is -0.379 e. The highest BCUT2D eigenvalue weighted by Crippen LogP contribution is 2.43. The molecule has 8 heteroatoms. The number of unbranched alkanes of at least 4 members (excludes halogenated alkanes) is 14. The van der Waals surface area contributed by atoms with E-state index in [1.54, 1.807) is 0 Å². The predicted molar refractivity (Wildman–Crippen MR) is 183 cm³/mol. The highest BCUT2D eigenvalue weighted by atomic mass is 31.2. The Bertz CT molecular complexity index is 729. The van der Waals surface area contributed by atoms with Gasteiger partial charge in [-0.25, -0.2) is 4.57 Å². The van der Waals surface area contributed by atoms with Gasteiger partial charge in [0, 0.05) is 6.61 Å². The van der Waals surface area contributed by atoms with E-state index in [1.165, 1.54) is 83.5 Å². The maximum atomic E-state index is 12.2. The Morgan fingerprint density at radius 1 is 0.674 bits per heavy atom. The highest BCUT2D eigenvalue weighted by molar-refractivity contribution is 7.47. The zero-order valence-electron chi connectivity index (χ0n) is 29.3. The van der Waals surface area contributed by atoms with Crippen LogP contribution in [0.5, 0.6) is 0 Å². The van der Waals surface area contributed by atoms with Gasteiger partial charge >= 0.3 is 7.82 Å². The number of ether oxygens (including phenoxy) is 2. The molecule has 2 atom stereocenters. The van der Waals surface area contributed by atoms with Crippen LogP contribution in [0, 0.1) is 0 Å². The monoisotopic (exact) mass is 633 g/mol. The molecule has 0 amide bonds. The smallest absolute Gasteiger partial charge is 0.379 e. The second-order valence-corrected chi connectivity index (χ2v) is 15.3. The van der Waals surface area contributed by atoms with E-state index in [2.05, 4.69) is 31.2 Å². The molecular weight excluding hydrogens is 561 g/mol. The van der Waals surface area contributed by atoms with Crippen molar-refractivity contribution < 1.29 is 32.5 Å². The van der Waals surface area contributed by atoms with Crippen LogP contribution in [0.15, 0.2) is 24.3 Å². The molecule has 43 heavy (non-hydrogen) atoms. The summed E-state index contributed by atoms with van der Waals surface area (Å²) in [6.07, 6.45) is 30.7. The van der Waals surface area contributed by atoms with Gasteiger partial charge in [0.25, 0.3) is 0 Å². The van der Waals surface area contributed by atoms with Crippen molar-refractivity contribution in [2.45, 2.75) is 149 Å². The Morgan fingerprint density at radius 3 is 1.60 bits per heavy atom. The fourth-order valence-corrected chi connectivity index (χ4v) is 5.24. The van der Waals surface area contributed by atoms with Gasteiger partial charge < -0.3 is 18.9 Å². The Hall–Kier alpha value is -0.530. The number of phosphoric acid groups is 1. The summed E-state index contributed by atoms with van der Waals surface area (Å²) in [6.45, 7) is 9.73. The van der Waals surface area contributed by atoms with Crippen LogP contribution in [0.25, 0.3) is 0 Å². The molecule has 1 N–H and O–H groups in total. The Labute approximate surface area is 267 Å². The maximum Gasteiger partial charge on any atom is 0.472 e. The summed E-state index contributed by atoms with van der Waals surface area (Å²) in [7, 11) is 1.85.